The summed E-state index contributed by atoms with van der Waals surface area (Å²) in [5.74, 6) is 0.665. The lowest BCUT2D eigenvalue weighted by molar-refractivity contribution is 0.0103. The molecule has 0 aromatic heterocycles. The van der Waals surface area contributed by atoms with Gasteiger partial charge in [0.1, 0.15) is 0 Å². The van der Waals surface area contributed by atoms with E-state index in [4.69, 9.17) is 4.74 Å². The van der Waals surface area contributed by atoms with Crippen molar-refractivity contribution in [1.29, 1.82) is 0 Å². The lowest BCUT2D eigenvalue weighted by Gasteiger charge is -2.26. The predicted octanol–water partition coefficient (Wildman–Crippen LogP) is 4.57. The van der Waals surface area contributed by atoms with E-state index in [9.17, 15) is 0 Å². The maximum Gasteiger partial charge on any atom is 0.0622 e. The van der Waals surface area contributed by atoms with Crippen LogP contribution < -0.4 is 5.32 Å². The molecule has 1 aliphatic carbocycles. The third-order valence-electron chi connectivity index (χ3n) is 4.45. The highest BCUT2D eigenvalue weighted by molar-refractivity contribution is 9.10. The molecule has 1 atom stereocenters. The molecule has 0 radical (unpaired) electrons. The summed E-state index contributed by atoms with van der Waals surface area (Å²) in [6.07, 6.45) is 6.13. The van der Waals surface area contributed by atoms with E-state index >= 15 is 0 Å². The Balaban J connectivity index is 1.92. The van der Waals surface area contributed by atoms with Crippen LogP contribution in [0.4, 0.5) is 0 Å². The average molecular weight is 354 g/mol. The van der Waals surface area contributed by atoms with Gasteiger partial charge in [-0.3, -0.25) is 0 Å². The molecule has 0 heterocycles. The van der Waals surface area contributed by atoms with Gasteiger partial charge in [-0.1, -0.05) is 34.1 Å². The first-order chi connectivity index (χ1) is 10.00. The van der Waals surface area contributed by atoms with Crippen LogP contribution in [0.2, 0.25) is 0 Å². The molecule has 118 valence electrons. The minimum atomic E-state index is -0.0221. The molecule has 1 aromatic rings. The maximum absolute atomic E-state index is 5.57. The Kier molecular flexibility index (Phi) is 6.27. The fourth-order valence-corrected chi connectivity index (χ4v) is 2.97. The van der Waals surface area contributed by atoms with Gasteiger partial charge in [0.25, 0.3) is 0 Å². The number of nitrogens with one attached hydrogen (secondary N) is 1. The van der Waals surface area contributed by atoms with Crippen molar-refractivity contribution in [2.24, 2.45) is 5.92 Å². The summed E-state index contributed by atoms with van der Waals surface area (Å²) in [4.78, 5) is 0. The highest BCUT2D eigenvalue weighted by Crippen LogP contribution is 2.26. The quantitative estimate of drug-likeness (QED) is 0.702. The van der Waals surface area contributed by atoms with Crippen molar-refractivity contribution in [3.05, 3.63) is 34.3 Å². The average Bonchev–Trinajstić information content (AvgIpc) is 3.28. The van der Waals surface area contributed by atoms with Gasteiger partial charge in [-0.25, -0.2) is 0 Å². The Morgan fingerprint density at radius 1 is 1.33 bits per heavy atom. The number of rotatable bonds is 9. The van der Waals surface area contributed by atoms with Crippen molar-refractivity contribution in [2.75, 3.05) is 13.7 Å². The number of ether oxygens (including phenoxy) is 1. The molecule has 0 spiro atoms. The second-order valence-electron chi connectivity index (χ2n) is 6.85. The van der Waals surface area contributed by atoms with Gasteiger partial charge < -0.3 is 10.1 Å². The monoisotopic (exact) mass is 353 g/mol. The van der Waals surface area contributed by atoms with Crippen LogP contribution in [0.25, 0.3) is 0 Å². The Morgan fingerprint density at radius 3 is 2.67 bits per heavy atom. The van der Waals surface area contributed by atoms with Crippen molar-refractivity contribution in [2.45, 2.75) is 57.6 Å². The molecule has 0 bridgehead atoms. The molecule has 0 amide bonds. The number of hydrogen-bond acceptors (Lipinski definition) is 2. The second-order valence-corrected chi connectivity index (χ2v) is 7.70. The van der Waals surface area contributed by atoms with Crippen LogP contribution in [0.3, 0.4) is 0 Å². The molecule has 2 rings (SSSR count). The Morgan fingerprint density at radius 2 is 2.05 bits per heavy atom. The first-order valence-corrected chi connectivity index (χ1v) is 8.81. The highest BCUT2D eigenvalue weighted by Gasteiger charge is 2.24. The van der Waals surface area contributed by atoms with Gasteiger partial charge in [-0.2, -0.15) is 0 Å². The minimum Gasteiger partial charge on any atom is -0.379 e. The summed E-state index contributed by atoms with van der Waals surface area (Å²) < 4.78 is 6.80. The number of benzene rings is 1. The van der Waals surface area contributed by atoms with Gasteiger partial charge in [0, 0.05) is 17.6 Å². The highest BCUT2D eigenvalue weighted by atomic mass is 79.9. The molecule has 2 nitrogen and oxygen atoms in total. The molecule has 1 aromatic carbocycles. The van der Waals surface area contributed by atoms with Crippen LogP contribution in [0.15, 0.2) is 28.7 Å². The molecular formula is C18H28BrNO. The summed E-state index contributed by atoms with van der Waals surface area (Å²) >= 11 is 3.68. The molecule has 1 aliphatic rings. The Bertz CT molecular complexity index is 443. The van der Waals surface area contributed by atoms with Gasteiger partial charge in [0.15, 0.2) is 0 Å². The summed E-state index contributed by atoms with van der Waals surface area (Å²) in [5, 5.41) is 3.69. The van der Waals surface area contributed by atoms with Crippen molar-refractivity contribution in [3.8, 4) is 0 Å². The first-order valence-electron chi connectivity index (χ1n) is 8.02. The predicted molar refractivity (Wildman–Crippen MR) is 92.7 cm³/mol. The fraction of sp³-hybridized carbons (Fsp3) is 0.667. The molecule has 0 saturated heterocycles. The second kappa shape index (κ2) is 7.75. The molecule has 3 heteroatoms. The molecule has 1 saturated carbocycles. The fourth-order valence-electron chi connectivity index (χ4n) is 2.53. The SMILES string of the molecule is COC(C)(C)CCC(CNC1CC1)Cc1ccccc1Br. The van der Waals surface area contributed by atoms with Crippen molar-refractivity contribution in [3.63, 3.8) is 0 Å². The number of halogens is 1. The van der Waals surface area contributed by atoms with E-state index < -0.39 is 0 Å². The van der Waals surface area contributed by atoms with Crippen LogP contribution in [0.1, 0.15) is 45.1 Å². The standard InChI is InChI=1S/C18H28BrNO/c1-18(2,21-3)11-10-14(13-20-16-8-9-16)12-15-6-4-5-7-17(15)19/h4-7,14,16,20H,8-13H2,1-3H3. The van der Waals surface area contributed by atoms with E-state index in [0.29, 0.717) is 5.92 Å². The zero-order valence-corrected chi connectivity index (χ0v) is 15.1. The summed E-state index contributed by atoms with van der Waals surface area (Å²) in [6, 6.07) is 9.36. The Hall–Kier alpha value is -0.380. The van der Waals surface area contributed by atoms with Crippen molar-refractivity contribution < 1.29 is 4.74 Å². The lowest BCUT2D eigenvalue weighted by Crippen LogP contribution is -2.29. The number of methoxy groups -OCH3 is 1. The lowest BCUT2D eigenvalue weighted by atomic mass is 9.90. The molecule has 1 fully saturated rings. The third kappa shape index (κ3) is 6.09. The van der Waals surface area contributed by atoms with Crippen molar-refractivity contribution in [1.82, 2.24) is 5.32 Å². The summed E-state index contributed by atoms with van der Waals surface area (Å²) in [7, 11) is 1.81. The van der Waals surface area contributed by atoms with Crippen LogP contribution >= 0.6 is 15.9 Å². The van der Waals surface area contributed by atoms with Crippen LogP contribution in [-0.2, 0) is 11.2 Å². The largest absolute Gasteiger partial charge is 0.379 e. The normalized spacial score (nSPS) is 17.0. The van der Waals surface area contributed by atoms with E-state index in [0.717, 1.165) is 25.4 Å². The van der Waals surface area contributed by atoms with E-state index in [1.165, 1.54) is 29.3 Å². The van der Waals surface area contributed by atoms with Crippen LogP contribution in [0.5, 0.6) is 0 Å². The molecule has 1 unspecified atom stereocenters. The van der Waals surface area contributed by atoms with E-state index in [1.807, 2.05) is 7.11 Å². The topological polar surface area (TPSA) is 21.3 Å². The smallest absolute Gasteiger partial charge is 0.0622 e. The molecule has 21 heavy (non-hydrogen) atoms. The first kappa shape index (κ1) is 17.0. The Labute approximate surface area is 137 Å². The maximum atomic E-state index is 5.57. The molecular weight excluding hydrogens is 326 g/mol. The zero-order chi connectivity index (χ0) is 15.3. The van der Waals surface area contributed by atoms with Crippen LogP contribution in [-0.4, -0.2) is 25.3 Å². The number of hydrogen-bond donors (Lipinski definition) is 1. The van der Waals surface area contributed by atoms with Crippen molar-refractivity contribution >= 4 is 15.9 Å². The molecule has 1 N–H and O–H groups in total. The van der Waals surface area contributed by atoms with Crippen LogP contribution in [0, 0.1) is 5.92 Å². The third-order valence-corrected chi connectivity index (χ3v) is 5.22. The van der Waals surface area contributed by atoms with Gasteiger partial charge in [0.05, 0.1) is 5.60 Å². The van der Waals surface area contributed by atoms with Gasteiger partial charge in [0.2, 0.25) is 0 Å². The van der Waals surface area contributed by atoms with E-state index in [1.54, 1.807) is 0 Å². The van der Waals surface area contributed by atoms with Gasteiger partial charge in [-0.05, 0) is 70.0 Å². The summed E-state index contributed by atoms with van der Waals surface area (Å²) in [6.45, 7) is 5.47. The summed E-state index contributed by atoms with van der Waals surface area (Å²) in [5.41, 5.74) is 1.39. The van der Waals surface area contributed by atoms with Gasteiger partial charge in [-0.15, -0.1) is 0 Å². The van der Waals surface area contributed by atoms with E-state index in [-0.39, 0.29) is 5.60 Å². The van der Waals surface area contributed by atoms with Gasteiger partial charge >= 0.3 is 0 Å². The molecule has 0 aliphatic heterocycles. The van der Waals surface area contributed by atoms with E-state index in [2.05, 4.69) is 59.4 Å². The minimum absolute atomic E-state index is 0.0221. The zero-order valence-electron chi connectivity index (χ0n) is 13.5.